The molecule has 0 saturated carbocycles. The third-order valence-corrected chi connectivity index (χ3v) is 4.75. The van der Waals surface area contributed by atoms with Gasteiger partial charge in [-0.05, 0) is 52.2 Å². The molecule has 0 aliphatic heterocycles. The number of para-hydroxylation sites is 1. The third kappa shape index (κ3) is 4.72. The predicted molar refractivity (Wildman–Crippen MR) is 98.3 cm³/mol. The molecule has 4 nitrogen and oxygen atoms in total. The van der Waals surface area contributed by atoms with Crippen molar-refractivity contribution < 1.29 is 14.3 Å². The maximum Gasteiger partial charge on any atom is 0.224 e. The lowest BCUT2D eigenvalue weighted by atomic mass is 10.1. The fourth-order valence-electron chi connectivity index (χ4n) is 2.11. The molecule has 0 bridgehead atoms. The maximum atomic E-state index is 12.1. The van der Waals surface area contributed by atoms with Gasteiger partial charge in [-0.15, -0.1) is 0 Å². The molecule has 0 aromatic heterocycles. The molecule has 1 amide bonds. The van der Waals surface area contributed by atoms with Crippen molar-refractivity contribution in [3.05, 3.63) is 50.9 Å². The second-order valence-corrected chi connectivity index (χ2v) is 6.54. The van der Waals surface area contributed by atoms with Gasteiger partial charge in [0.1, 0.15) is 0 Å². The Morgan fingerprint density at radius 2 is 1.70 bits per heavy atom. The van der Waals surface area contributed by atoms with Gasteiger partial charge in [0, 0.05) is 15.4 Å². The van der Waals surface area contributed by atoms with Crippen molar-refractivity contribution >= 4 is 43.5 Å². The first kappa shape index (κ1) is 17.8. The summed E-state index contributed by atoms with van der Waals surface area (Å²) in [5.41, 5.74) is 1.76. The molecule has 2 aromatic rings. The van der Waals surface area contributed by atoms with Crippen LogP contribution in [0.1, 0.15) is 12.0 Å². The van der Waals surface area contributed by atoms with E-state index in [0.29, 0.717) is 24.3 Å². The van der Waals surface area contributed by atoms with E-state index in [1.807, 2.05) is 36.4 Å². The highest BCUT2D eigenvalue weighted by Crippen LogP contribution is 2.33. The van der Waals surface area contributed by atoms with Crippen LogP contribution in [0.3, 0.4) is 0 Å². The second-order valence-electron chi connectivity index (χ2n) is 4.83. The highest BCUT2D eigenvalue weighted by atomic mass is 79.9. The fraction of sp³-hybridized carbons (Fsp3) is 0.235. The van der Waals surface area contributed by atoms with E-state index in [1.165, 1.54) is 0 Å². The zero-order chi connectivity index (χ0) is 16.8. The zero-order valence-corrected chi connectivity index (χ0v) is 16.0. The Hall–Kier alpha value is -1.53. The Morgan fingerprint density at radius 3 is 2.35 bits per heavy atom. The molecule has 1 N–H and O–H groups in total. The molecule has 122 valence electrons. The van der Waals surface area contributed by atoms with Gasteiger partial charge < -0.3 is 14.8 Å². The first-order chi connectivity index (χ1) is 11.0. The lowest BCUT2D eigenvalue weighted by Gasteiger charge is -2.12. The number of anilines is 1. The van der Waals surface area contributed by atoms with Crippen LogP contribution in [0.15, 0.2) is 45.3 Å². The molecule has 23 heavy (non-hydrogen) atoms. The summed E-state index contributed by atoms with van der Waals surface area (Å²) in [4.78, 5) is 12.1. The standard InChI is InChI=1S/C17H17Br2NO3/c1-22-15-9-11(13(19)10-16(15)23-2)7-8-17(21)20-14-6-4-3-5-12(14)18/h3-6,9-10H,7-8H2,1-2H3,(H,20,21). The molecule has 0 fully saturated rings. The number of ether oxygens (including phenoxy) is 2. The van der Waals surface area contributed by atoms with E-state index in [1.54, 1.807) is 14.2 Å². The summed E-state index contributed by atoms with van der Waals surface area (Å²) in [7, 11) is 3.18. The van der Waals surface area contributed by atoms with Gasteiger partial charge in [-0.2, -0.15) is 0 Å². The van der Waals surface area contributed by atoms with E-state index in [9.17, 15) is 4.79 Å². The minimum absolute atomic E-state index is 0.0430. The number of methoxy groups -OCH3 is 2. The van der Waals surface area contributed by atoms with E-state index in [0.717, 1.165) is 20.2 Å². The van der Waals surface area contributed by atoms with Crippen molar-refractivity contribution in [1.82, 2.24) is 0 Å². The number of benzene rings is 2. The number of nitrogens with one attached hydrogen (secondary N) is 1. The number of rotatable bonds is 6. The number of aryl methyl sites for hydroxylation is 1. The van der Waals surface area contributed by atoms with Crippen LogP contribution in [0, 0.1) is 0 Å². The van der Waals surface area contributed by atoms with Crippen molar-refractivity contribution in [3.8, 4) is 11.5 Å². The van der Waals surface area contributed by atoms with Crippen molar-refractivity contribution in [3.63, 3.8) is 0 Å². The molecule has 6 heteroatoms. The van der Waals surface area contributed by atoms with Crippen LogP contribution in [-0.4, -0.2) is 20.1 Å². The number of hydrogen-bond acceptors (Lipinski definition) is 3. The molecule has 2 rings (SSSR count). The average Bonchev–Trinajstić information content (AvgIpc) is 2.55. The summed E-state index contributed by atoms with van der Waals surface area (Å²) in [6, 6.07) is 11.3. The third-order valence-electron chi connectivity index (χ3n) is 3.32. The number of halogens is 2. The molecule has 0 radical (unpaired) electrons. The van der Waals surface area contributed by atoms with Gasteiger partial charge in [0.15, 0.2) is 11.5 Å². The van der Waals surface area contributed by atoms with Crippen LogP contribution in [0.5, 0.6) is 11.5 Å². The topological polar surface area (TPSA) is 47.6 Å². The molecule has 0 aliphatic rings. The van der Waals surface area contributed by atoms with Gasteiger partial charge in [0.25, 0.3) is 0 Å². The first-order valence-electron chi connectivity index (χ1n) is 7.00. The highest BCUT2D eigenvalue weighted by molar-refractivity contribution is 9.10. The monoisotopic (exact) mass is 441 g/mol. The molecule has 0 aliphatic carbocycles. The molecular formula is C17H17Br2NO3. The minimum Gasteiger partial charge on any atom is -0.493 e. The number of carbonyl (C=O) groups excluding carboxylic acids is 1. The summed E-state index contributed by atoms with van der Waals surface area (Å²) in [5, 5.41) is 2.89. The minimum atomic E-state index is -0.0430. The Bertz CT molecular complexity index is 704. The van der Waals surface area contributed by atoms with Crippen LogP contribution < -0.4 is 14.8 Å². The molecular weight excluding hydrogens is 426 g/mol. The Morgan fingerprint density at radius 1 is 1.04 bits per heavy atom. The highest BCUT2D eigenvalue weighted by Gasteiger charge is 2.12. The zero-order valence-electron chi connectivity index (χ0n) is 12.9. The maximum absolute atomic E-state index is 12.1. The van der Waals surface area contributed by atoms with Gasteiger partial charge >= 0.3 is 0 Å². The summed E-state index contributed by atoms with van der Waals surface area (Å²) in [6.07, 6.45) is 0.965. The molecule has 0 spiro atoms. The van der Waals surface area contributed by atoms with Gasteiger partial charge in [-0.25, -0.2) is 0 Å². The summed E-state index contributed by atoms with van der Waals surface area (Å²) >= 11 is 6.92. The van der Waals surface area contributed by atoms with Gasteiger partial charge in [0.2, 0.25) is 5.91 Å². The molecule has 0 unspecified atom stereocenters. The number of carbonyl (C=O) groups is 1. The Balaban J connectivity index is 2.03. The van der Waals surface area contributed by atoms with E-state index >= 15 is 0 Å². The molecule has 0 saturated heterocycles. The van der Waals surface area contributed by atoms with Gasteiger partial charge in [-0.1, -0.05) is 28.1 Å². The summed E-state index contributed by atoms with van der Waals surface area (Å²) in [6.45, 7) is 0. The van der Waals surface area contributed by atoms with Crippen molar-refractivity contribution in [2.45, 2.75) is 12.8 Å². The van der Waals surface area contributed by atoms with Gasteiger partial charge in [0.05, 0.1) is 19.9 Å². The van der Waals surface area contributed by atoms with Crippen LogP contribution in [0.25, 0.3) is 0 Å². The largest absolute Gasteiger partial charge is 0.493 e. The molecule has 2 aromatic carbocycles. The first-order valence-corrected chi connectivity index (χ1v) is 8.58. The van der Waals surface area contributed by atoms with E-state index < -0.39 is 0 Å². The van der Waals surface area contributed by atoms with Crippen molar-refractivity contribution in [1.29, 1.82) is 0 Å². The Kier molecular flexibility index (Phi) is 6.47. The van der Waals surface area contributed by atoms with Crippen molar-refractivity contribution in [2.75, 3.05) is 19.5 Å². The number of hydrogen-bond donors (Lipinski definition) is 1. The molecule has 0 heterocycles. The number of amides is 1. The SMILES string of the molecule is COc1cc(Br)c(CCC(=O)Nc2ccccc2Br)cc1OC. The van der Waals surface area contributed by atoms with E-state index in [4.69, 9.17) is 9.47 Å². The lowest BCUT2D eigenvalue weighted by Crippen LogP contribution is -2.12. The van der Waals surface area contributed by atoms with Crippen LogP contribution in [-0.2, 0) is 11.2 Å². The second kappa shape index (κ2) is 8.36. The fourth-order valence-corrected chi connectivity index (χ4v) is 3.02. The van der Waals surface area contributed by atoms with Crippen LogP contribution in [0.4, 0.5) is 5.69 Å². The predicted octanol–water partition coefficient (Wildman–Crippen LogP) is 4.80. The smallest absolute Gasteiger partial charge is 0.224 e. The lowest BCUT2D eigenvalue weighted by molar-refractivity contribution is -0.116. The summed E-state index contributed by atoms with van der Waals surface area (Å²) in [5.74, 6) is 1.26. The normalized spacial score (nSPS) is 10.3. The van der Waals surface area contributed by atoms with Crippen molar-refractivity contribution in [2.24, 2.45) is 0 Å². The van der Waals surface area contributed by atoms with Crippen LogP contribution in [0.2, 0.25) is 0 Å². The Labute approximate surface area is 152 Å². The van der Waals surface area contributed by atoms with Gasteiger partial charge in [-0.3, -0.25) is 4.79 Å². The quantitative estimate of drug-likeness (QED) is 0.698. The van der Waals surface area contributed by atoms with E-state index in [2.05, 4.69) is 37.2 Å². The van der Waals surface area contributed by atoms with E-state index in [-0.39, 0.29) is 5.91 Å². The average molecular weight is 443 g/mol. The summed E-state index contributed by atoms with van der Waals surface area (Å²) < 4.78 is 12.3. The molecule has 0 atom stereocenters. The van der Waals surface area contributed by atoms with Crippen LogP contribution >= 0.6 is 31.9 Å².